The van der Waals surface area contributed by atoms with Gasteiger partial charge >= 0.3 is 91.4 Å². The van der Waals surface area contributed by atoms with Crippen LogP contribution in [0.3, 0.4) is 0 Å². The van der Waals surface area contributed by atoms with Crippen molar-refractivity contribution in [1.82, 2.24) is 0 Å². The van der Waals surface area contributed by atoms with E-state index in [2.05, 4.69) is 0 Å². The van der Waals surface area contributed by atoms with Gasteiger partial charge in [0.1, 0.15) is 0 Å². The van der Waals surface area contributed by atoms with Crippen LogP contribution in [-0.4, -0.2) is 18.3 Å². The summed E-state index contributed by atoms with van der Waals surface area (Å²) in [6.45, 7) is 12.0. The molecule has 0 aliphatic heterocycles. The second kappa shape index (κ2) is 9.29. The molecule has 0 aromatic rings. The summed E-state index contributed by atoms with van der Waals surface area (Å²) in [6, 6.07) is 0. The predicted molar refractivity (Wildman–Crippen MR) is 48.7 cm³/mol. The molecule has 0 amide bonds. The summed E-state index contributed by atoms with van der Waals surface area (Å²) in [5, 5.41) is 0. The maximum atomic E-state index is 5.62. The van der Waals surface area contributed by atoms with Gasteiger partial charge in [-0.1, -0.05) is 0 Å². The van der Waals surface area contributed by atoms with E-state index in [0.29, 0.717) is 0 Å². The number of hydrogen-bond donors (Lipinski definition) is 0. The predicted octanol–water partition coefficient (Wildman–Crippen LogP) is -0.371. The third kappa shape index (κ3) is 11.1. The molecule has 0 atom stereocenters. The zero-order valence-electron chi connectivity index (χ0n) is 9.83. The summed E-state index contributed by atoms with van der Waals surface area (Å²) in [6.07, 6.45) is 0.602. The van der Waals surface area contributed by atoms with E-state index in [0.717, 1.165) is 0 Å². The Balaban J connectivity index is 0. The normalized spacial score (nSPS) is 10.9. The maximum absolute atomic E-state index is 5.62. The molecule has 0 N–H and O–H groups in total. The third-order valence-corrected chi connectivity index (χ3v) is 5.89. The average Bonchev–Trinajstić information content (AvgIpc) is 1.80. The molecule has 0 rings (SSSR count). The second-order valence-electron chi connectivity index (χ2n) is 3.75. The van der Waals surface area contributed by atoms with E-state index in [4.69, 9.17) is 8.44 Å². The Morgan fingerprint density at radius 1 is 0.643 bits per heavy atom. The van der Waals surface area contributed by atoms with Crippen LogP contribution in [0.25, 0.3) is 0 Å². The molecule has 0 saturated heterocycles. The van der Waals surface area contributed by atoms with Crippen molar-refractivity contribution in [3.05, 3.63) is 0 Å². The molecule has 0 aliphatic carbocycles. The minimum absolute atomic E-state index is 0. The molecule has 0 unspecified atom stereocenters. The summed E-state index contributed by atoms with van der Waals surface area (Å²) < 4.78 is 16.9. The monoisotopic (exact) mass is 302 g/mol. The van der Waals surface area contributed by atoms with Crippen LogP contribution in [-0.2, 0) is 31.5 Å². The van der Waals surface area contributed by atoms with Crippen LogP contribution in [0.4, 0.5) is 0 Å². The molecule has 3 nitrogen and oxygen atoms in total. The minimum atomic E-state index is -2.48. The maximum Gasteiger partial charge on any atom is -1.00 e. The molecule has 0 saturated carbocycles. The van der Waals surface area contributed by atoms with E-state index in [-0.39, 0.29) is 30.7 Å². The van der Waals surface area contributed by atoms with Gasteiger partial charge in [0.05, 0.1) is 0 Å². The molecule has 0 heterocycles. The summed E-state index contributed by atoms with van der Waals surface area (Å²) in [4.78, 5) is 0. The van der Waals surface area contributed by atoms with Gasteiger partial charge in [-0.05, 0) is 0 Å². The Bertz CT molecular complexity index is 107. The minimum Gasteiger partial charge on any atom is -1.00 e. The van der Waals surface area contributed by atoms with Gasteiger partial charge in [0.15, 0.2) is 0 Å². The van der Waals surface area contributed by atoms with Gasteiger partial charge in [0.2, 0.25) is 0 Å². The number of rotatable bonds is 6. The van der Waals surface area contributed by atoms with Gasteiger partial charge in [-0.15, -0.1) is 0 Å². The molecule has 0 aromatic heterocycles. The van der Waals surface area contributed by atoms with Crippen molar-refractivity contribution in [2.45, 2.75) is 59.9 Å². The molecule has 86 valence electrons. The topological polar surface area (TPSA) is 27.7 Å². The summed E-state index contributed by atoms with van der Waals surface area (Å²) in [5.41, 5.74) is 0. The molecule has 0 aliphatic rings. The van der Waals surface area contributed by atoms with Gasteiger partial charge in [0.25, 0.3) is 0 Å². The van der Waals surface area contributed by atoms with E-state index in [1.54, 1.807) is 0 Å². The first-order valence-corrected chi connectivity index (χ1v) is 7.79. The Morgan fingerprint density at radius 2 is 0.857 bits per heavy atom. The van der Waals surface area contributed by atoms with Crippen LogP contribution in [0.5, 0.6) is 0 Å². The van der Waals surface area contributed by atoms with E-state index < -0.39 is 23.1 Å². The Labute approximate surface area is 103 Å². The Morgan fingerprint density at radius 3 is 1.00 bits per heavy atom. The molecule has 0 radical (unpaired) electrons. The van der Waals surface area contributed by atoms with E-state index >= 15 is 0 Å². The van der Waals surface area contributed by atoms with Crippen molar-refractivity contribution in [1.29, 1.82) is 0 Å². The van der Waals surface area contributed by atoms with Crippen LogP contribution in [0, 0.1) is 0 Å². The van der Waals surface area contributed by atoms with E-state index in [1.165, 1.54) is 0 Å². The number of hydrogen-bond acceptors (Lipinski definition) is 3. The van der Waals surface area contributed by atoms with Crippen molar-refractivity contribution in [3.8, 4) is 0 Å². The Kier molecular flexibility index (Phi) is 11.6. The van der Waals surface area contributed by atoms with Crippen molar-refractivity contribution in [2.24, 2.45) is 0 Å². The molecule has 0 aromatic carbocycles. The molecule has 0 bridgehead atoms. The van der Waals surface area contributed by atoms with Crippen LogP contribution >= 0.6 is 0 Å². The van der Waals surface area contributed by atoms with Crippen LogP contribution in [0.15, 0.2) is 0 Å². The molecule has 14 heavy (non-hydrogen) atoms. The van der Waals surface area contributed by atoms with Crippen molar-refractivity contribution in [3.63, 3.8) is 0 Å². The third-order valence-electron chi connectivity index (χ3n) is 0.996. The van der Waals surface area contributed by atoms with Gasteiger partial charge in [-0.3, -0.25) is 0 Å². The molecule has 0 spiro atoms. The SMILES string of the molecule is CC(C)[O][Zr+]([O]C(C)C)[O]C(C)C.[Cl-]. The summed E-state index contributed by atoms with van der Waals surface area (Å²) in [5.74, 6) is 0. The molecule has 5 heteroatoms. The summed E-state index contributed by atoms with van der Waals surface area (Å²) in [7, 11) is 0. The van der Waals surface area contributed by atoms with Crippen molar-refractivity contribution in [2.75, 3.05) is 0 Å². The fraction of sp³-hybridized carbons (Fsp3) is 1.00. The standard InChI is InChI=1S/3C3H7O.ClH.Zr/c3*1-3(2)4;;/h3*3H,1-2H3;1H;/q3*-1;;+4/p-1. The second-order valence-corrected chi connectivity index (χ2v) is 6.72. The van der Waals surface area contributed by atoms with Gasteiger partial charge in [-0.25, -0.2) is 0 Å². The number of halogens is 1. The zero-order valence-corrected chi connectivity index (χ0v) is 13.0. The molecular weight excluding hydrogens is 283 g/mol. The van der Waals surface area contributed by atoms with Gasteiger partial charge < -0.3 is 12.4 Å². The first-order valence-electron chi connectivity index (χ1n) is 4.78. The van der Waals surface area contributed by atoms with E-state index in [9.17, 15) is 0 Å². The fourth-order valence-electron chi connectivity index (χ4n) is 0.661. The first kappa shape index (κ1) is 17.4. The average molecular weight is 304 g/mol. The Hall–Kier alpha value is 1.05. The molecule has 0 fully saturated rings. The van der Waals surface area contributed by atoms with Crippen molar-refractivity contribution >= 4 is 0 Å². The van der Waals surface area contributed by atoms with Gasteiger partial charge in [-0.2, -0.15) is 0 Å². The first-order chi connectivity index (χ1) is 5.91. The quantitative estimate of drug-likeness (QED) is 0.670. The van der Waals surface area contributed by atoms with Crippen LogP contribution < -0.4 is 12.4 Å². The van der Waals surface area contributed by atoms with E-state index in [1.807, 2.05) is 41.5 Å². The zero-order chi connectivity index (χ0) is 10.4. The summed E-state index contributed by atoms with van der Waals surface area (Å²) >= 11 is -2.48. The van der Waals surface area contributed by atoms with Crippen LogP contribution in [0.2, 0.25) is 0 Å². The fourth-order valence-corrected chi connectivity index (χ4v) is 3.91. The smallest absolute Gasteiger partial charge is 1.00 e. The van der Waals surface area contributed by atoms with Crippen LogP contribution in [0.1, 0.15) is 41.5 Å². The van der Waals surface area contributed by atoms with Crippen molar-refractivity contribution < 1.29 is 43.9 Å². The van der Waals surface area contributed by atoms with Gasteiger partial charge in [0, 0.05) is 0 Å². The molecular formula is C9H21ClO3Zr. The largest absolute Gasteiger partial charge is 1.00 e.